The molecule has 1 heterocycles. The number of hydrogen-bond acceptors (Lipinski definition) is 6. The molecule has 0 bridgehead atoms. The van der Waals surface area contributed by atoms with Crippen molar-refractivity contribution in [3.05, 3.63) is 57.6 Å². The maximum atomic E-state index is 12.8. The number of sulfonamides is 1. The Kier molecular flexibility index (Phi) is 5.34. The van der Waals surface area contributed by atoms with Gasteiger partial charge in [-0.3, -0.25) is 19.6 Å². The fourth-order valence-corrected chi connectivity index (χ4v) is 4.42. The number of ether oxygens (including phenoxy) is 1. The smallest absolute Gasteiger partial charge is 0.270 e. The standard InChI is InChI=1S/C18H19N3O6S/c1-12-3-6-15(21(23)24)10-17(12)28(25,26)19-14-5-4-13-7-8-20(16(13)9-14)18(22)11-27-2/h3-6,9-10,19H,7-8,11H2,1-2H3. The van der Waals surface area contributed by atoms with Gasteiger partial charge >= 0.3 is 0 Å². The molecule has 28 heavy (non-hydrogen) atoms. The Bertz CT molecular complexity index is 1050. The summed E-state index contributed by atoms with van der Waals surface area (Å²) in [6.07, 6.45) is 0.668. The third-order valence-corrected chi connectivity index (χ3v) is 6.00. The maximum absolute atomic E-state index is 12.8. The van der Waals surface area contributed by atoms with Crippen molar-refractivity contribution in [2.75, 3.05) is 29.9 Å². The largest absolute Gasteiger partial charge is 0.375 e. The van der Waals surface area contributed by atoms with Crippen molar-refractivity contribution >= 4 is 33.0 Å². The molecular weight excluding hydrogens is 386 g/mol. The molecule has 0 aromatic heterocycles. The van der Waals surface area contributed by atoms with E-state index in [2.05, 4.69) is 4.72 Å². The van der Waals surface area contributed by atoms with Gasteiger partial charge in [0.05, 0.1) is 15.5 Å². The molecule has 0 aliphatic carbocycles. The molecule has 10 heteroatoms. The van der Waals surface area contributed by atoms with Gasteiger partial charge in [0.2, 0.25) is 0 Å². The molecule has 1 aliphatic heterocycles. The molecule has 148 valence electrons. The minimum absolute atomic E-state index is 0.0672. The Hall–Kier alpha value is -2.98. The minimum Gasteiger partial charge on any atom is -0.375 e. The van der Waals surface area contributed by atoms with Crippen molar-refractivity contribution in [1.82, 2.24) is 0 Å². The number of nitro groups is 1. The lowest BCUT2D eigenvalue weighted by Crippen LogP contribution is -2.32. The monoisotopic (exact) mass is 405 g/mol. The minimum atomic E-state index is -4.05. The first-order valence-corrected chi connectivity index (χ1v) is 9.91. The van der Waals surface area contributed by atoms with E-state index < -0.39 is 14.9 Å². The third kappa shape index (κ3) is 3.82. The molecule has 2 aromatic carbocycles. The lowest BCUT2D eigenvalue weighted by molar-refractivity contribution is -0.385. The number of fused-ring (bicyclic) bond motifs is 1. The maximum Gasteiger partial charge on any atom is 0.270 e. The molecule has 0 unspecified atom stereocenters. The lowest BCUT2D eigenvalue weighted by atomic mass is 10.1. The average Bonchev–Trinajstić information content (AvgIpc) is 3.04. The van der Waals surface area contributed by atoms with Gasteiger partial charge in [-0.25, -0.2) is 8.42 Å². The Balaban J connectivity index is 1.92. The highest BCUT2D eigenvalue weighted by Gasteiger charge is 2.26. The number of hydrogen-bond donors (Lipinski definition) is 1. The number of carbonyl (C=O) groups excluding carboxylic acids is 1. The van der Waals surface area contributed by atoms with Crippen LogP contribution >= 0.6 is 0 Å². The van der Waals surface area contributed by atoms with Crippen LogP contribution in [0.4, 0.5) is 17.1 Å². The zero-order chi connectivity index (χ0) is 20.5. The Morgan fingerprint density at radius 2 is 2.04 bits per heavy atom. The Labute approximate surface area is 162 Å². The van der Waals surface area contributed by atoms with Crippen molar-refractivity contribution in [3.63, 3.8) is 0 Å². The van der Waals surface area contributed by atoms with Gasteiger partial charge in [-0.15, -0.1) is 0 Å². The molecule has 1 aliphatic rings. The molecule has 0 saturated heterocycles. The molecule has 0 atom stereocenters. The van der Waals surface area contributed by atoms with E-state index in [0.29, 0.717) is 24.2 Å². The number of benzene rings is 2. The second-order valence-electron chi connectivity index (χ2n) is 6.38. The van der Waals surface area contributed by atoms with Crippen LogP contribution < -0.4 is 9.62 Å². The van der Waals surface area contributed by atoms with Crippen LogP contribution in [0.3, 0.4) is 0 Å². The number of amides is 1. The van der Waals surface area contributed by atoms with Crippen LogP contribution in [-0.2, 0) is 26.0 Å². The normalized spacial score (nSPS) is 13.3. The second kappa shape index (κ2) is 7.56. The molecule has 9 nitrogen and oxygen atoms in total. The van der Waals surface area contributed by atoms with Crippen molar-refractivity contribution < 1.29 is 22.9 Å². The number of carbonyl (C=O) groups is 1. The van der Waals surface area contributed by atoms with Crippen molar-refractivity contribution in [2.24, 2.45) is 0 Å². The second-order valence-corrected chi connectivity index (χ2v) is 8.04. The predicted octanol–water partition coefficient (Wildman–Crippen LogP) is 2.24. The van der Waals surface area contributed by atoms with Crippen LogP contribution in [0.5, 0.6) is 0 Å². The van der Waals surface area contributed by atoms with Gasteiger partial charge in [-0.05, 0) is 36.6 Å². The van der Waals surface area contributed by atoms with Gasteiger partial charge in [-0.2, -0.15) is 0 Å². The lowest BCUT2D eigenvalue weighted by Gasteiger charge is -2.18. The van der Waals surface area contributed by atoms with Crippen molar-refractivity contribution in [3.8, 4) is 0 Å². The topological polar surface area (TPSA) is 119 Å². The highest BCUT2D eigenvalue weighted by atomic mass is 32.2. The molecule has 2 aromatic rings. The van der Waals surface area contributed by atoms with Gasteiger partial charge in [0, 0.05) is 31.5 Å². The van der Waals surface area contributed by atoms with E-state index in [4.69, 9.17) is 4.74 Å². The summed E-state index contributed by atoms with van der Waals surface area (Å²) in [7, 11) is -2.62. The fourth-order valence-electron chi connectivity index (χ4n) is 3.11. The zero-order valence-electron chi connectivity index (χ0n) is 15.3. The number of nitrogens with zero attached hydrogens (tertiary/aromatic N) is 2. The SMILES string of the molecule is COCC(=O)N1CCc2ccc(NS(=O)(=O)c3cc([N+](=O)[O-])ccc3C)cc21. The summed E-state index contributed by atoms with van der Waals surface area (Å²) in [6.45, 7) is 1.99. The number of rotatable bonds is 6. The molecule has 0 saturated carbocycles. The molecule has 3 rings (SSSR count). The highest BCUT2D eigenvalue weighted by molar-refractivity contribution is 7.92. The molecule has 0 radical (unpaired) electrons. The third-order valence-electron chi connectivity index (χ3n) is 4.47. The van der Waals surface area contributed by atoms with E-state index >= 15 is 0 Å². The van der Waals surface area contributed by atoms with E-state index in [1.807, 2.05) is 0 Å². The van der Waals surface area contributed by atoms with Gasteiger partial charge in [0.1, 0.15) is 6.61 Å². The Morgan fingerprint density at radius 3 is 2.71 bits per heavy atom. The highest BCUT2D eigenvalue weighted by Crippen LogP contribution is 2.32. The van der Waals surface area contributed by atoms with E-state index in [1.165, 1.54) is 19.2 Å². The number of aryl methyl sites for hydroxylation is 1. The number of nitro benzene ring substituents is 1. The first-order valence-electron chi connectivity index (χ1n) is 8.43. The van der Waals surface area contributed by atoms with Gasteiger partial charge in [-0.1, -0.05) is 12.1 Å². The Morgan fingerprint density at radius 1 is 1.29 bits per heavy atom. The van der Waals surface area contributed by atoms with Crippen LogP contribution in [0.2, 0.25) is 0 Å². The first kappa shape index (κ1) is 19.8. The molecular formula is C18H19N3O6S. The van der Waals surface area contributed by atoms with Gasteiger partial charge in [0.25, 0.3) is 21.6 Å². The predicted molar refractivity (Wildman–Crippen MR) is 103 cm³/mol. The summed E-state index contributed by atoms with van der Waals surface area (Å²) in [4.78, 5) is 23.9. The molecule has 1 N–H and O–H groups in total. The van der Waals surface area contributed by atoms with Crippen molar-refractivity contribution in [1.29, 1.82) is 0 Å². The molecule has 1 amide bonds. The van der Waals surface area contributed by atoms with Crippen LogP contribution in [0.15, 0.2) is 41.3 Å². The summed E-state index contributed by atoms with van der Waals surface area (Å²) >= 11 is 0. The first-order chi connectivity index (χ1) is 13.2. The average molecular weight is 405 g/mol. The van der Waals surface area contributed by atoms with Crippen LogP contribution in [-0.4, -0.2) is 39.5 Å². The summed E-state index contributed by atoms with van der Waals surface area (Å²) < 4.78 is 32.9. The quantitative estimate of drug-likeness (QED) is 0.581. The van der Waals surface area contributed by atoms with Crippen LogP contribution in [0.1, 0.15) is 11.1 Å². The van der Waals surface area contributed by atoms with E-state index in [0.717, 1.165) is 11.6 Å². The zero-order valence-corrected chi connectivity index (χ0v) is 16.2. The van der Waals surface area contributed by atoms with Gasteiger partial charge in [0.15, 0.2) is 0 Å². The number of anilines is 2. The van der Waals surface area contributed by atoms with Crippen LogP contribution in [0, 0.1) is 17.0 Å². The van der Waals surface area contributed by atoms with Gasteiger partial charge < -0.3 is 9.64 Å². The molecule has 0 spiro atoms. The number of non-ortho nitro benzene ring substituents is 1. The summed E-state index contributed by atoms with van der Waals surface area (Å²) in [6, 6.07) is 8.62. The summed E-state index contributed by atoms with van der Waals surface area (Å²) in [5.41, 5.74) is 1.89. The molecule has 0 fully saturated rings. The summed E-state index contributed by atoms with van der Waals surface area (Å²) in [5.74, 6) is -0.212. The van der Waals surface area contributed by atoms with Crippen LogP contribution in [0.25, 0.3) is 0 Å². The number of nitrogens with one attached hydrogen (secondary N) is 1. The van der Waals surface area contributed by atoms with Crippen molar-refractivity contribution in [2.45, 2.75) is 18.2 Å². The summed E-state index contributed by atoms with van der Waals surface area (Å²) in [5, 5.41) is 11.0. The van der Waals surface area contributed by atoms with E-state index in [-0.39, 0.29) is 28.8 Å². The fraction of sp³-hybridized carbons (Fsp3) is 0.278. The number of methoxy groups -OCH3 is 1. The van der Waals surface area contributed by atoms with E-state index in [9.17, 15) is 23.3 Å². The van der Waals surface area contributed by atoms with E-state index in [1.54, 1.807) is 30.0 Å².